The van der Waals surface area contributed by atoms with E-state index in [2.05, 4.69) is 10.6 Å². The molecule has 2 aromatic rings. The number of benzene rings is 2. The number of hydrogen-bond acceptors (Lipinski definition) is 3. The summed E-state index contributed by atoms with van der Waals surface area (Å²) in [6.07, 6.45) is 4.31. The molecule has 0 bridgehead atoms. The Morgan fingerprint density at radius 1 is 1.12 bits per heavy atom. The molecule has 2 amide bonds. The SMILES string of the molecule is CCCC(=O)Nc1ccc(Cl)c(NC(=O)/C=C/c2ccc(OC)cc2)c1. The van der Waals surface area contributed by atoms with Crippen LogP contribution in [0.25, 0.3) is 6.08 Å². The van der Waals surface area contributed by atoms with Gasteiger partial charge in [0.15, 0.2) is 0 Å². The Morgan fingerprint density at radius 2 is 1.85 bits per heavy atom. The molecule has 0 aliphatic carbocycles. The van der Waals surface area contributed by atoms with Crippen LogP contribution in [0.5, 0.6) is 5.75 Å². The molecule has 2 rings (SSSR count). The lowest BCUT2D eigenvalue weighted by molar-refractivity contribution is -0.116. The summed E-state index contributed by atoms with van der Waals surface area (Å²) < 4.78 is 5.09. The van der Waals surface area contributed by atoms with Crippen molar-refractivity contribution in [2.45, 2.75) is 19.8 Å². The summed E-state index contributed by atoms with van der Waals surface area (Å²) in [5, 5.41) is 5.88. The third kappa shape index (κ3) is 5.93. The van der Waals surface area contributed by atoms with Crippen molar-refractivity contribution in [3.8, 4) is 5.75 Å². The van der Waals surface area contributed by atoms with E-state index in [9.17, 15) is 9.59 Å². The standard InChI is InChI=1S/C20H21ClN2O3/c1-3-4-19(24)22-15-8-11-17(21)18(13-15)23-20(25)12-7-14-5-9-16(26-2)10-6-14/h5-13H,3-4H2,1-2H3,(H,22,24)(H,23,25)/b12-7+. The average Bonchev–Trinajstić information content (AvgIpc) is 2.63. The molecule has 0 saturated carbocycles. The molecule has 2 N–H and O–H groups in total. The lowest BCUT2D eigenvalue weighted by Crippen LogP contribution is -2.12. The molecule has 0 fully saturated rings. The summed E-state index contributed by atoms with van der Waals surface area (Å²) in [4.78, 5) is 23.8. The van der Waals surface area contributed by atoms with Crippen LogP contribution in [0.3, 0.4) is 0 Å². The van der Waals surface area contributed by atoms with Crippen LogP contribution < -0.4 is 15.4 Å². The monoisotopic (exact) mass is 372 g/mol. The third-order valence-corrected chi connectivity index (χ3v) is 3.86. The molecule has 0 heterocycles. The van der Waals surface area contributed by atoms with Crippen LogP contribution in [-0.2, 0) is 9.59 Å². The number of rotatable bonds is 7. The van der Waals surface area contributed by atoms with Crippen LogP contribution in [0, 0.1) is 0 Å². The van der Waals surface area contributed by atoms with Crippen LogP contribution in [0.2, 0.25) is 5.02 Å². The molecule has 0 spiro atoms. The molecule has 0 aliphatic rings. The third-order valence-electron chi connectivity index (χ3n) is 3.53. The Kier molecular flexibility index (Phi) is 7.24. The lowest BCUT2D eigenvalue weighted by atomic mass is 10.2. The van der Waals surface area contributed by atoms with Gasteiger partial charge in [0.05, 0.1) is 17.8 Å². The Hall–Kier alpha value is -2.79. The highest BCUT2D eigenvalue weighted by Crippen LogP contribution is 2.26. The van der Waals surface area contributed by atoms with Gasteiger partial charge in [-0.25, -0.2) is 0 Å². The number of methoxy groups -OCH3 is 1. The summed E-state index contributed by atoms with van der Waals surface area (Å²) in [5.41, 5.74) is 1.89. The minimum absolute atomic E-state index is 0.0773. The van der Waals surface area contributed by atoms with E-state index in [0.717, 1.165) is 17.7 Å². The summed E-state index contributed by atoms with van der Waals surface area (Å²) in [5.74, 6) is 0.353. The van der Waals surface area contributed by atoms with Gasteiger partial charge in [-0.2, -0.15) is 0 Å². The number of amides is 2. The van der Waals surface area contributed by atoms with E-state index in [0.29, 0.717) is 22.8 Å². The van der Waals surface area contributed by atoms with E-state index in [1.165, 1.54) is 6.08 Å². The number of carbonyl (C=O) groups is 2. The van der Waals surface area contributed by atoms with E-state index >= 15 is 0 Å². The molecule has 0 saturated heterocycles. The minimum Gasteiger partial charge on any atom is -0.497 e. The Balaban J connectivity index is 2.02. The minimum atomic E-state index is -0.320. The van der Waals surface area contributed by atoms with Crippen molar-refractivity contribution in [3.05, 3.63) is 59.1 Å². The first-order chi connectivity index (χ1) is 12.5. The fourth-order valence-electron chi connectivity index (χ4n) is 2.21. The van der Waals surface area contributed by atoms with E-state index in [1.54, 1.807) is 31.4 Å². The van der Waals surface area contributed by atoms with Crippen LogP contribution in [0.15, 0.2) is 48.5 Å². The fourth-order valence-corrected chi connectivity index (χ4v) is 2.38. The molecule has 0 aromatic heterocycles. The van der Waals surface area contributed by atoms with Gasteiger partial charge in [0.25, 0.3) is 0 Å². The van der Waals surface area contributed by atoms with Gasteiger partial charge in [0, 0.05) is 18.2 Å². The Labute approximate surface area is 158 Å². The van der Waals surface area contributed by atoms with Crippen molar-refractivity contribution in [2.24, 2.45) is 0 Å². The van der Waals surface area contributed by atoms with Crippen LogP contribution in [0.4, 0.5) is 11.4 Å². The van der Waals surface area contributed by atoms with Gasteiger partial charge < -0.3 is 15.4 Å². The maximum absolute atomic E-state index is 12.1. The van der Waals surface area contributed by atoms with Gasteiger partial charge in [0.1, 0.15) is 5.75 Å². The Morgan fingerprint density at radius 3 is 2.50 bits per heavy atom. The number of anilines is 2. The summed E-state index contributed by atoms with van der Waals surface area (Å²) in [7, 11) is 1.60. The van der Waals surface area contributed by atoms with E-state index in [4.69, 9.17) is 16.3 Å². The zero-order valence-electron chi connectivity index (χ0n) is 14.7. The smallest absolute Gasteiger partial charge is 0.248 e. The van der Waals surface area contributed by atoms with Gasteiger partial charge >= 0.3 is 0 Å². The number of nitrogens with one attached hydrogen (secondary N) is 2. The largest absolute Gasteiger partial charge is 0.497 e. The molecule has 26 heavy (non-hydrogen) atoms. The van der Waals surface area contributed by atoms with Gasteiger partial charge in [-0.3, -0.25) is 9.59 Å². The highest BCUT2D eigenvalue weighted by atomic mass is 35.5. The first-order valence-corrected chi connectivity index (χ1v) is 8.62. The second kappa shape index (κ2) is 9.63. The van der Waals surface area contributed by atoms with Gasteiger partial charge in [0.2, 0.25) is 11.8 Å². The van der Waals surface area contributed by atoms with E-state index < -0.39 is 0 Å². The summed E-state index contributed by atoms with van der Waals surface area (Å²) in [6.45, 7) is 1.93. The maximum atomic E-state index is 12.1. The highest BCUT2D eigenvalue weighted by molar-refractivity contribution is 6.34. The van der Waals surface area contributed by atoms with E-state index in [1.807, 2.05) is 31.2 Å². The molecule has 5 nitrogen and oxygen atoms in total. The topological polar surface area (TPSA) is 67.4 Å². The van der Waals surface area contributed by atoms with Crippen LogP contribution in [0.1, 0.15) is 25.3 Å². The number of carbonyl (C=O) groups excluding carboxylic acids is 2. The quantitative estimate of drug-likeness (QED) is 0.690. The fraction of sp³-hybridized carbons (Fsp3) is 0.200. The number of hydrogen-bond donors (Lipinski definition) is 2. The molecule has 0 unspecified atom stereocenters. The van der Waals surface area contributed by atoms with Gasteiger partial charge in [-0.15, -0.1) is 0 Å². The first kappa shape index (κ1) is 19.5. The van der Waals surface area contributed by atoms with E-state index in [-0.39, 0.29) is 11.8 Å². The molecule has 0 radical (unpaired) electrons. The van der Waals surface area contributed by atoms with Gasteiger partial charge in [-0.05, 0) is 48.4 Å². The molecule has 136 valence electrons. The lowest BCUT2D eigenvalue weighted by Gasteiger charge is -2.09. The summed E-state index contributed by atoms with van der Waals surface area (Å²) in [6, 6.07) is 12.3. The normalized spacial score (nSPS) is 10.6. The van der Waals surface area contributed by atoms with Crippen molar-refractivity contribution in [3.63, 3.8) is 0 Å². The molecular weight excluding hydrogens is 352 g/mol. The predicted octanol–water partition coefficient (Wildman–Crippen LogP) is 4.74. The number of ether oxygens (including phenoxy) is 1. The van der Waals surface area contributed by atoms with Crippen LogP contribution >= 0.6 is 11.6 Å². The second-order valence-electron chi connectivity index (χ2n) is 5.59. The van der Waals surface area contributed by atoms with Gasteiger partial charge in [-0.1, -0.05) is 30.7 Å². The molecular formula is C20H21ClN2O3. The molecule has 0 aliphatic heterocycles. The average molecular weight is 373 g/mol. The zero-order valence-corrected chi connectivity index (χ0v) is 15.5. The second-order valence-corrected chi connectivity index (χ2v) is 6.00. The predicted molar refractivity (Wildman–Crippen MR) is 106 cm³/mol. The van der Waals surface area contributed by atoms with Crippen molar-refractivity contribution in [1.29, 1.82) is 0 Å². The number of halogens is 1. The van der Waals surface area contributed by atoms with Crippen LogP contribution in [-0.4, -0.2) is 18.9 Å². The Bertz CT molecular complexity index is 801. The van der Waals surface area contributed by atoms with Crippen molar-refractivity contribution in [2.75, 3.05) is 17.7 Å². The molecule has 2 aromatic carbocycles. The molecule has 0 atom stereocenters. The van der Waals surface area contributed by atoms with Crippen molar-refractivity contribution < 1.29 is 14.3 Å². The first-order valence-electron chi connectivity index (χ1n) is 8.24. The van der Waals surface area contributed by atoms with Crippen molar-refractivity contribution >= 4 is 40.9 Å². The van der Waals surface area contributed by atoms with Crippen molar-refractivity contribution in [1.82, 2.24) is 0 Å². The zero-order chi connectivity index (χ0) is 18.9. The summed E-state index contributed by atoms with van der Waals surface area (Å²) >= 11 is 6.12. The maximum Gasteiger partial charge on any atom is 0.248 e. The highest BCUT2D eigenvalue weighted by Gasteiger charge is 2.07. The molecule has 6 heteroatoms.